The normalized spacial score (nSPS) is 14.7. The Morgan fingerprint density at radius 2 is 1.88 bits per heavy atom. The van der Waals surface area contributed by atoms with E-state index in [9.17, 15) is 10.1 Å². The molecule has 1 aromatic carbocycles. The van der Waals surface area contributed by atoms with Gasteiger partial charge >= 0.3 is 5.69 Å². The summed E-state index contributed by atoms with van der Waals surface area (Å²) in [6.45, 7) is 0. The smallest absolute Gasteiger partial charge is 0.353 e. The van der Waals surface area contributed by atoms with E-state index in [4.69, 9.17) is 10.5 Å². The zero-order chi connectivity index (χ0) is 18.5. The first-order chi connectivity index (χ1) is 12.6. The van der Waals surface area contributed by atoms with Crippen LogP contribution in [0.15, 0.2) is 24.3 Å². The van der Waals surface area contributed by atoms with Gasteiger partial charge in [-0.2, -0.15) is 9.97 Å². The number of nitrogen functional groups attached to an aromatic ring is 1. The van der Waals surface area contributed by atoms with E-state index in [0.717, 1.165) is 37.1 Å². The van der Waals surface area contributed by atoms with Gasteiger partial charge in [-0.15, -0.1) is 0 Å². The Hall–Kier alpha value is -3.10. The Labute approximate surface area is 151 Å². The number of benzene rings is 1. The van der Waals surface area contributed by atoms with Crippen LogP contribution in [0.25, 0.3) is 0 Å². The number of nitrogens with two attached hydrogens (primary N) is 1. The number of ether oxygens (including phenoxy) is 1. The second-order valence-electron chi connectivity index (χ2n) is 6.22. The summed E-state index contributed by atoms with van der Waals surface area (Å²) in [6, 6.07) is 7.34. The van der Waals surface area contributed by atoms with Gasteiger partial charge in [0.2, 0.25) is 17.6 Å². The topological polar surface area (TPSA) is 128 Å². The van der Waals surface area contributed by atoms with Crippen molar-refractivity contribution in [3.63, 3.8) is 0 Å². The summed E-state index contributed by atoms with van der Waals surface area (Å²) < 4.78 is 5.12. The number of hydrogen-bond donors (Lipinski definition) is 3. The van der Waals surface area contributed by atoms with Crippen LogP contribution in [0.5, 0.6) is 5.75 Å². The van der Waals surface area contributed by atoms with Crippen molar-refractivity contribution in [3.05, 3.63) is 34.4 Å². The Balaban J connectivity index is 1.86. The first-order valence-corrected chi connectivity index (χ1v) is 8.56. The maximum absolute atomic E-state index is 11.4. The number of nitrogens with one attached hydrogen (secondary N) is 2. The van der Waals surface area contributed by atoms with Gasteiger partial charge in [0.1, 0.15) is 5.75 Å². The molecule has 0 bridgehead atoms. The molecule has 0 amide bonds. The van der Waals surface area contributed by atoms with Crippen molar-refractivity contribution in [1.29, 1.82) is 0 Å². The molecular formula is C17H22N6O3. The highest BCUT2D eigenvalue weighted by Crippen LogP contribution is 2.32. The van der Waals surface area contributed by atoms with Crippen LogP contribution in [-0.2, 0) is 0 Å². The fraction of sp³-hybridized carbons (Fsp3) is 0.412. The zero-order valence-corrected chi connectivity index (χ0v) is 14.6. The molecule has 1 aromatic heterocycles. The van der Waals surface area contributed by atoms with Crippen LogP contribution in [0.1, 0.15) is 32.1 Å². The lowest BCUT2D eigenvalue weighted by atomic mass is 9.95. The maximum Gasteiger partial charge on any atom is 0.353 e. The van der Waals surface area contributed by atoms with Crippen LogP contribution in [0, 0.1) is 10.1 Å². The van der Waals surface area contributed by atoms with Gasteiger partial charge in [0, 0.05) is 11.7 Å². The lowest BCUT2D eigenvalue weighted by molar-refractivity contribution is -0.383. The molecule has 4 N–H and O–H groups in total. The van der Waals surface area contributed by atoms with E-state index in [2.05, 4.69) is 20.6 Å². The average molecular weight is 358 g/mol. The van der Waals surface area contributed by atoms with Crippen LogP contribution in [-0.4, -0.2) is 28.0 Å². The summed E-state index contributed by atoms with van der Waals surface area (Å²) in [6.07, 6.45) is 5.31. The summed E-state index contributed by atoms with van der Waals surface area (Å²) in [7, 11) is 1.59. The Bertz CT molecular complexity index is 775. The number of nitrogens with zero attached hydrogens (tertiary/aromatic N) is 3. The van der Waals surface area contributed by atoms with Crippen LogP contribution in [0.3, 0.4) is 0 Å². The van der Waals surface area contributed by atoms with Gasteiger partial charge in [0.15, 0.2) is 0 Å². The standard InChI is InChI=1S/C17H22N6O3/c1-26-13-9-7-12(8-10-13)20-17-21-15(18)14(23(24)25)16(22-17)19-11-5-3-2-4-6-11/h7-11H,2-6H2,1H3,(H4,18,19,20,21,22). The van der Waals surface area contributed by atoms with Gasteiger partial charge in [-0.3, -0.25) is 10.1 Å². The van der Waals surface area contributed by atoms with Crippen LogP contribution < -0.4 is 21.1 Å². The minimum absolute atomic E-state index is 0.158. The van der Waals surface area contributed by atoms with Crippen LogP contribution in [0.4, 0.5) is 29.0 Å². The van der Waals surface area contributed by atoms with Gasteiger partial charge in [-0.05, 0) is 37.1 Å². The second-order valence-corrected chi connectivity index (χ2v) is 6.22. The van der Waals surface area contributed by atoms with E-state index in [0.29, 0.717) is 0 Å². The Morgan fingerprint density at radius 1 is 1.19 bits per heavy atom. The van der Waals surface area contributed by atoms with E-state index in [1.165, 1.54) is 6.42 Å². The number of nitro groups is 1. The number of methoxy groups -OCH3 is 1. The molecule has 9 heteroatoms. The Kier molecular flexibility index (Phi) is 5.35. The van der Waals surface area contributed by atoms with Crippen molar-refractivity contribution in [2.45, 2.75) is 38.1 Å². The van der Waals surface area contributed by atoms with E-state index in [-0.39, 0.29) is 29.3 Å². The number of rotatable bonds is 6. The monoisotopic (exact) mass is 358 g/mol. The Morgan fingerprint density at radius 3 is 2.50 bits per heavy atom. The third-order valence-corrected chi connectivity index (χ3v) is 4.39. The molecule has 1 aliphatic rings. The summed E-state index contributed by atoms with van der Waals surface area (Å²) in [5.41, 5.74) is 6.28. The molecule has 26 heavy (non-hydrogen) atoms. The summed E-state index contributed by atoms with van der Waals surface area (Å²) in [4.78, 5) is 19.2. The van der Waals surface area contributed by atoms with E-state index in [1.807, 2.05) is 0 Å². The average Bonchev–Trinajstić information content (AvgIpc) is 2.62. The summed E-state index contributed by atoms with van der Waals surface area (Å²) in [5, 5.41) is 17.6. The van der Waals surface area contributed by atoms with Crippen molar-refractivity contribution in [3.8, 4) is 5.75 Å². The molecule has 138 valence electrons. The molecular weight excluding hydrogens is 336 g/mol. The van der Waals surface area contributed by atoms with E-state index < -0.39 is 4.92 Å². The molecule has 0 spiro atoms. The molecule has 0 aliphatic heterocycles. The minimum Gasteiger partial charge on any atom is -0.497 e. The molecule has 1 heterocycles. The zero-order valence-electron chi connectivity index (χ0n) is 14.6. The molecule has 0 saturated heterocycles. The third-order valence-electron chi connectivity index (χ3n) is 4.39. The van der Waals surface area contributed by atoms with Gasteiger partial charge in [-0.25, -0.2) is 0 Å². The summed E-state index contributed by atoms with van der Waals surface area (Å²) >= 11 is 0. The quantitative estimate of drug-likeness (QED) is 0.529. The van der Waals surface area contributed by atoms with Gasteiger partial charge in [0.05, 0.1) is 12.0 Å². The molecule has 1 saturated carbocycles. The van der Waals surface area contributed by atoms with E-state index >= 15 is 0 Å². The molecule has 0 radical (unpaired) electrons. The fourth-order valence-electron chi connectivity index (χ4n) is 3.05. The van der Waals surface area contributed by atoms with Gasteiger partial charge in [0.25, 0.3) is 0 Å². The lowest BCUT2D eigenvalue weighted by Crippen LogP contribution is -2.24. The van der Waals surface area contributed by atoms with Crippen molar-refractivity contribution >= 4 is 29.0 Å². The molecule has 2 aromatic rings. The molecule has 3 rings (SSSR count). The predicted molar refractivity (Wildman–Crippen MR) is 99.9 cm³/mol. The fourth-order valence-corrected chi connectivity index (χ4v) is 3.05. The number of anilines is 4. The maximum atomic E-state index is 11.4. The SMILES string of the molecule is COc1ccc(Nc2nc(N)c([N+](=O)[O-])c(NC3CCCCC3)n2)cc1. The first-order valence-electron chi connectivity index (χ1n) is 8.56. The highest BCUT2D eigenvalue weighted by molar-refractivity contribution is 5.71. The predicted octanol–water partition coefficient (Wildman–Crippen LogP) is 3.46. The molecule has 0 atom stereocenters. The van der Waals surface area contributed by atoms with Crippen molar-refractivity contribution < 1.29 is 9.66 Å². The molecule has 1 aliphatic carbocycles. The molecule has 9 nitrogen and oxygen atoms in total. The second kappa shape index (κ2) is 7.85. The van der Waals surface area contributed by atoms with Gasteiger partial charge in [-0.1, -0.05) is 19.3 Å². The summed E-state index contributed by atoms with van der Waals surface area (Å²) in [5.74, 6) is 0.917. The van der Waals surface area contributed by atoms with Crippen LogP contribution in [0.2, 0.25) is 0 Å². The first kappa shape index (κ1) is 17.7. The highest BCUT2D eigenvalue weighted by atomic mass is 16.6. The lowest BCUT2D eigenvalue weighted by Gasteiger charge is -2.23. The highest BCUT2D eigenvalue weighted by Gasteiger charge is 2.25. The minimum atomic E-state index is -0.544. The number of hydrogen-bond acceptors (Lipinski definition) is 8. The molecule has 0 unspecified atom stereocenters. The molecule has 1 fully saturated rings. The largest absolute Gasteiger partial charge is 0.497 e. The van der Waals surface area contributed by atoms with Crippen molar-refractivity contribution in [2.75, 3.05) is 23.5 Å². The van der Waals surface area contributed by atoms with Gasteiger partial charge < -0.3 is 21.1 Å². The van der Waals surface area contributed by atoms with E-state index in [1.54, 1.807) is 31.4 Å². The van der Waals surface area contributed by atoms with Crippen molar-refractivity contribution in [1.82, 2.24) is 9.97 Å². The van der Waals surface area contributed by atoms with Crippen molar-refractivity contribution in [2.24, 2.45) is 0 Å². The number of aromatic nitrogens is 2. The van der Waals surface area contributed by atoms with Crippen LogP contribution >= 0.6 is 0 Å². The third kappa shape index (κ3) is 4.11.